The second kappa shape index (κ2) is 3.54. The van der Waals surface area contributed by atoms with E-state index in [1.807, 2.05) is 13.1 Å². The van der Waals surface area contributed by atoms with E-state index in [0.717, 1.165) is 12.0 Å². The van der Waals surface area contributed by atoms with E-state index < -0.39 is 0 Å². The molecule has 0 spiro atoms. The first-order chi connectivity index (χ1) is 6.72. The van der Waals surface area contributed by atoms with Gasteiger partial charge >= 0.3 is 0 Å². The minimum atomic E-state index is -0.143. The summed E-state index contributed by atoms with van der Waals surface area (Å²) in [6.45, 7) is 2.12. The van der Waals surface area contributed by atoms with Crippen molar-refractivity contribution in [1.29, 1.82) is 0 Å². The Labute approximate surface area is 83.6 Å². The molecule has 1 aliphatic rings. The zero-order valence-corrected chi connectivity index (χ0v) is 8.47. The van der Waals surface area contributed by atoms with Crippen LogP contribution >= 0.6 is 0 Å². The highest BCUT2D eigenvalue weighted by atomic mass is 19.1. The minimum Gasteiger partial charge on any atom is -0.313 e. The van der Waals surface area contributed by atoms with Crippen LogP contribution in [0.15, 0.2) is 24.3 Å². The van der Waals surface area contributed by atoms with Crippen molar-refractivity contribution >= 4 is 5.57 Å². The first kappa shape index (κ1) is 9.41. The number of nitrogens with one attached hydrogen (secondary N) is 1. The highest BCUT2D eigenvalue weighted by molar-refractivity contribution is 5.75. The average molecular weight is 191 g/mol. The van der Waals surface area contributed by atoms with Gasteiger partial charge in [-0.15, -0.1) is 0 Å². The lowest BCUT2D eigenvalue weighted by molar-refractivity contribution is 0.626. The Bertz CT molecular complexity index is 382. The summed E-state index contributed by atoms with van der Waals surface area (Å²) in [6.07, 6.45) is 3.03. The molecular weight excluding hydrogens is 177 g/mol. The Morgan fingerprint density at radius 3 is 2.93 bits per heavy atom. The molecule has 1 nitrogen and oxygen atoms in total. The summed E-state index contributed by atoms with van der Waals surface area (Å²) in [6, 6.07) is 5.36. The summed E-state index contributed by atoms with van der Waals surface area (Å²) in [5.41, 5.74) is 3.57. The fourth-order valence-electron chi connectivity index (χ4n) is 1.91. The van der Waals surface area contributed by atoms with E-state index in [1.54, 1.807) is 6.07 Å². The van der Waals surface area contributed by atoms with Crippen molar-refractivity contribution in [3.8, 4) is 0 Å². The molecule has 1 aromatic carbocycles. The topological polar surface area (TPSA) is 12.0 Å². The van der Waals surface area contributed by atoms with Crippen LogP contribution in [0.2, 0.25) is 0 Å². The van der Waals surface area contributed by atoms with Gasteiger partial charge in [0.1, 0.15) is 5.82 Å². The van der Waals surface area contributed by atoms with Gasteiger partial charge in [-0.3, -0.25) is 0 Å². The molecule has 0 saturated heterocycles. The Balaban J connectivity index is 2.37. The van der Waals surface area contributed by atoms with Crippen molar-refractivity contribution in [2.45, 2.75) is 19.4 Å². The third kappa shape index (κ3) is 1.46. The van der Waals surface area contributed by atoms with Crippen LogP contribution in [0.3, 0.4) is 0 Å². The van der Waals surface area contributed by atoms with E-state index in [9.17, 15) is 4.39 Å². The second-order valence-corrected chi connectivity index (χ2v) is 3.68. The molecule has 0 aromatic heterocycles. The highest BCUT2D eigenvalue weighted by Crippen LogP contribution is 2.29. The molecule has 0 aliphatic heterocycles. The van der Waals surface area contributed by atoms with E-state index in [-0.39, 0.29) is 5.82 Å². The van der Waals surface area contributed by atoms with Crippen LogP contribution in [0.5, 0.6) is 0 Å². The van der Waals surface area contributed by atoms with Gasteiger partial charge < -0.3 is 5.32 Å². The summed E-state index contributed by atoms with van der Waals surface area (Å²) < 4.78 is 12.9. The molecule has 1 unspecified atom stereocenters. The molecule has 1 N–H and O–H groups in total. The normalized spacial score (nSPS) is 16.4. The first-order valence-corrected chi connectivity index (χ1v) is 4.88. The van der Waals surface area contributed by atoms with Gasteiger partial charge in [-0.05, 0) is 49.2 Å². The van der Waals surface area contributed by atoms with E-state index in [0.29, 0.717) is 6.04 Å². The van der Waals surface area contributed by atoms with E-state index in [1.165, 1.54) is 17.2 Å². The number of fused-ring (bicyclic) bond motifs is 1. The molecule has 2 rings (SSSR count). The number of hydrogen-bond donors (Lipinski definition) is 1. The molecule has 1 aliphatic carbocycles. The standard InChI is InChI=1S/C12H14FN/c1-8(14-2)11-5-3-9-7-10(13)4-6-12(9)11/h4-8,14H,3H2,1-2H3. The number of allylic oxidation sites excluding steroid dienone is 1. The molecule has 1 atom stereocenters. The average Bonchev–Trinajstić information content (AvgIpc) is 2.59. The SMILES string of the molecule is CNC(C)C1=CCc2cc(F)ccc21. The fraction of sp³-hybridized carbons (Fsp3) is 0.333. The third-order valence-electron chi connectivity index (χ3n) is 2.82. The van der Waals surface area contributed by atoms with Gasteiger partial charge in [-0.25, -0.2) is 4.39 Å². The fourth-order valence-corrected chi connectivity index (χ4v) is 1.91. The third-order valence-corrected chi connectivity index (χ3v) is 2.82. The summed E-state index contributed by atoms with van der Waals surface area (Å²) in [4.78, 5) is 0. The lowest BCUT2D eigenvalue weighted by Gasteiger charge is -2.13. The number of halogens is 1. The van der Waals surface area contributed by atoms with Gasteiger partial charge in [0.25, 0.3) is 0 Å². The van der Waals surface area contributed by atoms with Crippen molar-refractivity contribution in [1.82, 2.24) is 5.32 Å². The molecule has 14 heavy (non-hydrogen) atoms. The predicted molar refractivity (Wildman–Crippen MR) is 56.6 cm³/mol. The van der Waals surface area contributed by atoms with Crippen molar-refractivity contribution in [2.75, 3.05) is 7.05 Å². The quantitative estimate of drug-likeness (QED) is 0.756. The lowest BCUT2D eigenvalue weighted by Crippen LogP contribution is -2.22. The van der Waals surface area contributed by atoms with Gasteiger partial charge in [0.05, 0.1) is 0 Å². The van der Waals surface area contributed by atoms with E-state index >= 15 is 0 Å². The van der Waals surface area contributed by atoms with Crippen LogP contribution in [0.1, 0.15) is 18.1 Å². The molecule has 74 valence electrons. The van der Waals surface area contributed by atoms with Crippen LogP contribution in [0.4, 0.5) is 4.39 Å². The van der Waals surface area contributed by atoms with Crippen LogP contribution < -0.4 is 5.32 Å². The molecular formula is C12H14FN. The lowest BCUT2D eigenvalue weighted by atomic mass is 10.0. The van der Waals surface area contributed by atoms with Gasteiger partial charge in [0.15, 0.2) is 0 Å². The van der Waals surface area contributed by atoms with Crippen molar-refractivity contribution in [2.24, 2.45) is 0 Å². The Morgan fingerprint density at radius 2 is 2.21 bits per heavy atom. The molecule has 0 fully saturated rings. The number of benzene rings is 1. The largest absolute Gasteiger partial charge is 0.313 e. The Hall–Kier alpha value is -1.15. The van der Waals surface area contributed by atoms with Crippen molar-refractivity contribution < 1.29 is 4.39 Å². The molecule has 2 heteroatoms. The summed E-state index contributed by atoms with van der Waals surface area (Å²) in [5.74, 6) is -0.143. The van der Waals surface area contributed by atoms with Crippen molar-refractivity contribution in [3.05, 3.63) is 41.2 Å². The van der Waals surface area contributed by atoms with Crippen LogP contribution in [0, 0.1) is 5.82 Å². The molecule has 0 saturated carbocycles. The van der Waals surface area contributed by atoms with Crippen LogP contribution in [-0.2, 0) is 6.42 Å². The summed E-state index contributed by atoms with van der Waals surface area (Å²) in [7, 11) is 1.94. The maximum absolute atomic E-state index is 12.9. The smallest absolute Gasteiger partial charge is 0.123 e. The Kier molecular flexibility index (Phi) is 2.38. The molecule has 0 heterocycles. The molecule has 0 bridgehead atoms. The van der Waals surface area contributed by atoms with Crippen LogP contribution in [-0.4, -0.2) is 13.1 Å². The number of likely N-dealkylation sites (N-methyl/N-ethyl adjacent to an activating group) is 1. The van der Waals surface area contributed by atoms with Crippen LogP contribution in [0.25, 0.3) is 5.57 Å². The zero-order chi connectivity index (χ0) is 10.1. The maximum atomic E-state index is 12.9. The van der Waals surface area contributed by atoms with Gasteiger partial charge in [0, 0.05) is 6.04 Å². The molecule has 0 radical (unpaired) electrons. The number of rotatable bonds is 2. The Morgan fingerprint density at radius 1 is 1.43 bits per heavy atom. The predicted octanol–water partition coefficient (Wildman–Crippen LogP) is 2.37. The summed E-state index contributed by atoms with van der Waals surface area (Å²) >= 11 is 0. The first-order valence-electron chi connectivity index (χ1n) is 4.88. The monoisotopic (exact) mass is 191 g/mol. The van der Waals surface area contributed by atoms with Gasteiger partial charge in [0.2, 0.25) is 0 Å². The second-order valence-electron chi connectivity index (χ2n) is 3.68. The van der Waals surface area contributed by atoms with Crippen molar-refractivity contribution in [3.63, 3.8) is 0 Å². The minimum absolute atomic E-state index is 0.143. The van der Waals surface area contributed by atoms with E-state index in [2.05, 4.69) is 18.3 Å². The molecule has 1 aromatic rings. The maximum Gasteiger partial charge on any atom is 0.123 e. The zero-order valence-electron chi connectivity index (χ0n) is 8.47. The number of hydrogen-bond acceptors (Lipinski definition) is 1. The van der Waals surface area contributed by atoms with Gasteiger partial charge in [-0.1, -0.05) is 12.1 Å². The van der Waals surface area contributed by atoms with E-state index in [4.69, 9.17) is 0 Å². The highest BCUT2D eigenvalue weighted by Gasteiger charge is 2.17. The molecule has 0 amide bonds. The van der Waals surface area contributed by atoms with Gasteiger partial charge in [-0.2, -0.15) is 0 Å². The summed E-state index contributed by atoms with van der Waals surface area (Å²) in [5, 5.41) is 3.20.